The van der Waals surface area contributed by atoms with Gasteiger partial charge in [-0.25, -0.2) is 8.42 Å². The molecule has 1 amide bonds. The van der Waals surface area contributed by atoms with Crippen molar-refractivity contribution in [2.45, 2.75) is 25.2 Å². The van der Waals surface area contributed by atoms with Gasteiger partial charge in [-0.1, -0.05) is 36.4 Å². The Bertz CT molecular complexity index is 1270. The number of amides is 1. The number of aryl methyl sites for hydroxylation is 2. The number of anilines is 1. The highest BCUT2D eigenvalue weighted by molar-refractivity contribution is 7.89. The molecule has 8 heteroatoms. The number of morpholine rings is 1. The number of benzene rings is 3. The molecule has 34 heavy (non-hydrogen) atoms. The van der Waals surface area contributed by atoms with Gasteiger partial charge in [0.05, 0.1) is 30.2 Å². The second-order valence-electron chi connectivity index (χ2n) is 8.23. The van der Waals surface area contributed by atoms with E-state index in [0.717, 1.165) is 16.7 Å². The molecule has 0 spiro atoms. The molecule has 3 aromatic rings. The first-order chi connectivity index (χ1) is 16.3. The molecule has 7 nitrogen and oxygen atoms in total. The van der Waals surface area contributed by atoms with Crippen LogP contribution in [0.25, 0.3) is 0 Å². The van der Waals surface area contributed by atoms with E-state index in [9.17, 15) is 13.2 Å². The number of nitrogens with one attached hydrogen (secondary N) is 1. The summed E-state index contributed by atoms with van der Waals surface area (Å²) < 4.78 is 39.0. The summed E-state index contributed by atoms with van der Waals surface area (Å²) in [5.41, 5.74) is 3.44. The normalized spacial score (nSPS) is 14.5. The molecule has 0 aromatic heterocycles. The topological polar surface area (TPSA) is 84.9 Å². The Morgan fingerprint density at radius 2 is 1.71 bits per heavy atom. The van der Waals surface area contributed by atoms with Crippen LogP contribution in [0, 0.1) is 13.8 Å². The minimum Gasteiger partial charge on any atom is -0.455 e. The summed E-state index contributed by atoms with van der Waals surface area (Å²) in [7, 11) is -3.73. The number of carbonyl (C=O) groups excluding carboxylic acids is 1. The van der Waals surface area contributed by atoms with Crippen molar-refractivity contribution in [2.24, 2.45) is 0 Å². The zero-order valence-corrected chi connectivity index (χ0v) is 20.1. The molecule has 4 rings (SSSR count). The highest BCUT2D eigenvalue weighted by Gasteiger charge is 2.27. The van der Waals surface area contributed by atoms with Crippen LogP contribution in [0.2, 0.25) is 0 Å². The van der Waals surface area contributed by atoms with Crippen LogP contribution in [0.5, 0.6) is 11.5 Å². The first-order valence-corrected chi connectivity index (χ1v) is 12.6. The minimum atomic E-state index is -3.73. The van der Waals surface area contributed by atoms with Crippen molar-refractivity contribution in [3.8, 4) is 11.5 Å². The number of para-hydroxylation sites is 1. The molecule has 1 saturated heterocycles. The molecule has 1 aliphatic rings. The molecule has 0 unspecified atom stereocenters. The van der Waals surface area contributed by atoms with Gasteiger partial charge in [0.1, 0.15) is 5.75 Å². The number of hydrogen-bond donors (Lipinski definition) is 1. The third kappa shape index (κ3) is 5.64. The Balaban J connectivity index is 1.62. The molecule has 1 heterocycles. The lowest BCUT2D eigenvalue weighted by Crippen LogP contribution is -2.40. The van der Waals surface area contributed by atoms with Gasteiger partial charge in [-0.15, -0.1) is 0 Å². The van der Waals surface area contributed by atoms with Gasteiger partial charge in [0.2, 0.25) is 15.9 Å². The van der Waals surface area contributed by atoms with Gasteiger partial charge >= 0.3 is 0 Å². The van der Waals surface area contributed by atoms with Crippen molar-refractivity contribution < 1.29 is 22.7 Å². The maximum atomic E-state index is 13.2. The predicted octanol–water partition coefficient (Wildman–Crippen LogP) is 4.30. The van der Waals surface area contributed by atoms with Crippen LogP contribution in [0.15, 0.2) is 71.6 Å². The lowest BCUT2D eigenvalue weighted by Gasteiger charge is -2.26. The summed E-state index contributed by atoms with van der Waals surface area (Å²) in [5, 5.41) is 2.86. The minimum absolute atomic E-state index is 0.0938. The first-order valence-electron chi connectivity index (χ1n) is 11.1. The van der Waals surface area contributed by atoms with E-state index in [0.29, 0.717) is 43.5 Å². The molecule has 0 aliphatic carbocycles. The van der Waals surface area contributed by atoms with Gasteiger partial charge in [-0.05, 0) is 60.9 Å². The van der Waals surface area contributed by atoms with Crippen molar-refractivity contribution in [1.82, 2.24) is 4.31 Å². The van der Waals surface area contributed by atoms with E-state index in [1.54, 1.807) is 18.2 Å². The Labute approximate surface area is 200 Å². The zero-order chi connectivity index (χ0) is 24.1. The lowest BCUT2D eigenvalue weighted by molar-refractivity contribution is -0.115. The number of hydrogen-bond acceptors (Lipinski definition) is 5. The van der Waals surface area contributed by atoms with Gasteiger partial charge in [-0.3, -0.25) is 4.79 Å². The first kappa shape index (κ1) is 23.9. The Morgan fingerprint density at radius 3 is 2.41 bits per heavy atom. The number of ether oxygens (including phenoxy) is 2. The molecule has 0 bridgehead atoms. The highest BCUT2D eigenvalue weighted by atomic mass is 32.2. The summed E-state index contributed by atoms with van der Waals surface area (Å²) >= 11 is 0. The third-order valence-electron chi connectivity index (χ3n) is 5.74. The van der Waals surface area contributed by atoms with E-state index >= 15 is 0 Å². The van der Waals surface area contributed by atoms with Crippen LogP contribution in [-0.4, -0.2) is 44.9 Å². The lowest BCUT2D eigenvalue weighted by atomic mass is 10.0. The van der Waals surface area contributed by atoms with Crippen LogP contribution >= 0.6 is 0 Å². The Hall–Kier alpha value is -3.20. The fraction of sp³-hybridized carbons (Fsp3) is 0.269. The molecule has 1 fully saturated rings. The predicted molar refractivity (Wildman–Crippen MR) is 131 cm³/mol. The largest absolute Gasteiger partial charge is 0.455 e. The molecule has 1 N–H and O–H groups in total. The number of nitrogens with zero attached hydrogens (tertiary/aromatic N) is 1. The monoisotopic (exact) mass is 480 g/mol. The van der Waals surface area contributed by atoms with E-state index < -0.39 is 10.0 Å². The second-order valence-corrected chi connectivity index (χ2v) is 10.2. The van der Waals surface area contributed by atoms with Gasteiger partial charge in [-0.2, -0.15) is 4.31 Å². The molecule has 0 atom stereocenters. The van der Waals surface area contributed by atoms with Crippen molar-refractivity contribution in [2.75, 3.05) is 31.6 Å². The van der Waals surface area contributed by atoms with Crippen LogP contribution in [0.1, 0.15) is 16.7 Å². The van der Waals surface area contributed by atoms with Crippen molar-refractivity contribution in [1.29, 1.82) is 0 Å². The number of sulfonamides is 1. The maximum Gasteiger partial charge on any atom is 0.243 e. The summed E-state index contributed by atoms with van der Waals surface area (Å²) in [6.45, 7) is 5.31. The van der Waals surface area contributed by atoms with Gasteiger partial charge in [0, 0.05) is 13.1 Å². The highest BCUT2D eigenvalue weighted by Crippen LogP contribution is 2.33. The van der Waals surface area contributed by atoms with Gasteiger partial charge < -0.3 is 14.8 Å². The number of carbonyl (C=O) groups is 1. The van der Waals surface area contributed by atoms with E-state index in [2.05, 4.69) is 5.32 Å². The quantitative estimate of drug-likeness (QED) is 0.545. The van der Waals surface area contributed by atoms with Gasteiger partial charge in [0.25, 0.3) is 0 Å². The molecule has 0 radical (unpaired) electrons. The molecule has 0 saturated carbocycles. The summed E-state index contributed by atoms with van der Waals surface area (Å²) in [6.07, 6.45) is 0.159. The molecule has 178 valence electrons. The van der Waals surface area contributed by atoms with Crippen LogP contribution in [0.4, 0.5) is 5.69 Å². The summed E-state index contributed by atoms with van der Waals surface area (Å²) in [4.78, 5) is 13.0. The molecule has 1 aliphatic heterocycles. The van der Waals surface area contributed by atoms with Crippen molar-refractivity contribution >= 4 is 21.6 Å². The standard InChI is InChI=1S/C26H28N2O5S/c1-19-8-9-21(16-20(19)2)17-26(29)27-24-18-23(34(30,31)28-12-14-32-15-13-28)10-11-25(24)33-22-6-4-3-5-7-22/h3-11,16,18H,12-15,17H2,1-2H3,(H,27,29). The molecule has 3 aromatic carbocycles. The SMILES string of the molecule is Cc1ccc(CC(=O)Nc2cc(S(=O)(=O)N3CCOCC3)ccc2Oc2ccccc2)cc1C. The fourth-order valence-electron chi connectivity index (χ4n) is 3.70. The third-order valence-corrected chi connectivity index (χ3v) is 7.63. The average Bonchev–Trinajstić information content (AvgIpc) is 2.83. The van der Waals surface area contributed by atoms with Crippen molar-refractivity contribution in [3.63, 3.8) is 0 Å². The van der Waals surface area contributed by atoms with Crippen LogP contribution in [-0.2, 0) is 26.0 Å². The van der Waals surface area contributed by atoms with Crippen molar-refractivity contribution in [3.05, 3.63) is 83.4 Å². The molecular formula is C26H28N2O5S. The summed E-state index contributed by atoms with van der Waals surface area (Å²) in [6, 6.07) is 19.6. The second kappa shape index (κ2) is 10.4. The van der Waals surface area contributed by atoms with E-state index in [-0.39, 0.29) is 17.2 Å². The van der Waals surface area contributed by atoms with E-state index in [1.807, 2.05) is 50.2 Å². The zero-order valence-electron chi connectivity index (χ0n) is 19.3. The maximum absolute atomic E-state index is 13.2. The fourth-order valence-corrected chi connectivity index (χ4v) is 5.14. The van der Waals surface area contributed by atoms with Crippen LogP contribution < -0.4 is 10.1 Å². The van der Waals surface area contributed by atoms with Gasteiger partial charge in [0.15, 0.2) is 5.75 Å². The van der Waals surface area contributed by atoms with E-state index in [4.69, 9.17) is 9.47 Å². The Morgan fingerprint density at radius 1 is 0.971 bits per heavy atom. The van der Waals surface area contributed by atoms with E-state index in [1.165, 1.54) is 16.4 Å². The molecular weight excluding hydrogens is 452 g/mol. The number of rotatable bonds is 7. The summed E-state index contributed by atoms with van der Waals surface area (Å²) in [5.74, 6) is 0.679. The average molecular weight is 481 g/mol. The van der Waals surface area contributed by atoms with Crippen LogP contribution in [0.3, 0.4) is 0 Å². The Kier molecular flexibility index (Phi) is 7.31. The smallest absolute Gasteiger partial charge is 0.243 e.